The molecule has 2 unspecified atom stereocenters. The van der Waals surface area contributed by atoms with Gasteiger partial charge in [-0.15, -0.1) is 0 Å². The van der Waals surface area contributed by atoms with Crippen LogP contribution < -0.4 is 5.32 Å². The summed E-state index contributed by atoms with van der Waals surface area (Å²) in [7, 11) is 0. The number of imidazole rings is 1. The zero-order chi connectivity index (χ0) is 15.6. The minimum absolute atomic E-state index is 0.321. The average Bonchev–Trinajstić information content (AvgIpc) is 2.98. The molecule has 2 aromatic rings. The number of pyridine rings is 1. The van der Waals surface area contributed by atoms with Crippen LogP contribution in [0.5, 0.6) is 0 Å². The third-order valence-electron chi connectivity index (χ3n) is 6.12. The summed E-state index contributed by atoms with van der Waals surface area (Å²) in [6, 6.07) is 2.55. The normalized spacial score (nSPS) is 37.9. The van der Waals surface area contributed by atoms with Crippen molar-refractivity contribution in [2.45, 2.75) is 43.7 Å². The van der Waals surface area contributed by atoms with Gasteiger partial charge in [-0.1, -0.05) is 0 Å². The van der Waals surface area contributed by atoms with Crippen LogP contribution in [0.4, 0.5) is 5.69 Å². The first-order valence-electron chi connectivity index (χ1n) is 8.36. The molecule has 2 aromatic heterocycles. The number of hydrogen-bond donors (Lipinski definition) is 3. The molecule has 2 heterocycles. The molecule has 3 N–H and O–H groups in total. The van der Waals surface area contributed by atoms with Crippen molar-refractivity contribution in [1.29, 1.82) is 5.26 Å². The van der Waals surface area contributed by atoms with E-state index >= 15 is 0 Å². The summed E-state index contributed by atoms with van der Waals surface area (Å²) >= 11 is 0. The highest BCUT2D eigenvalue weighted by atomic mass is 16.3. The first-order chi connectivity index (χ1) is 11.1. The monoisotopic (exact) mass is 309 g/mol. The SMILES string of the molecule is N#Cc1cnc2[nH]cnc2c1N[C@H]1C2CC3CC1C[C@@](O)(C3)C2. The van der Waals surface area contributed by atoms with Gasteiger partial charge >= 0.3 is 0 Å². The van der Waals surface area contributed by atoms with Gasteiger partial charge in [-0.05, 0) is 49.9 Å². The maximum absolute atomic E-state index is 10.7. The molecule has 23 heavy (non-hydrogen) atoms. The minimum atomic E-state index is -0.438. The van der Waals surface area contributed by atoms with E-state index in [1.807, 2.05) is 0 Å². The Morgan fingerprint density at radius 3 is 2.74 bits per heavy atom. The van der Waals surface area contributed by atoms with Crippen molar-refractivity contribution in [3.8, 4) is 6.07 Å². The fourth-order valence-corrected chi connectivity index (χ4v) is 5.50. The van der Waals surface area contributed by atoms with Crippen LogP contribution >= 0.6 is 0 Å². The number of rotatable bonds is 2. The van der Waals surface area contributed by atoms with Gasteiger partial charge in [0, 0.05) is 12.2 Å². The standard InChI is InChI=1S/C17H19N5O/c18-6-12-7-19-16-15(20-8-21-16)14(12)22-13-10-1-9-2-11(13)5-17(23,3-9)4-10/h7-11,13,23H,1-5H2,(H2,19,20,21,22)/t9?,10?,11?,13-,17+. The van der Waals surface area contributed by atoms with Gasteiger partial charge in [-0.3, -0.25) is 0 Å². The molecule has 0 aliphatic heterocycles. The molecule has 6 nitrogen and oxygen atoms in total. The van der Waals surface area contributed by atoms with E-state index < -0.39 is 5.60 Å². The van der Waals surface area contributed by atoms with Crippen LogP contribution in [-0.4, -0.2) is 31.7 Å². The number of hydrogen-bond acceptors (Lipinski definition) is 5. The van der Waals surface area contributed by atoms with Gasteiger partial charge in [0.25, 0.3) is 0 Å². The molecule has 118 valence electrons. The molecule has 4 aliphatic carbocycles. The lowest BCUT2D eigenvalue weighted by atomic mass is 9.52. The number of fused-ring (bicyclic) bond motifs is 1. The predicted molar refractivity (Wildman–Crippen MR) is 84.5 cm³/mol. The van der Waals surface area contributed by atoms with Crippen LogP contribution in [-0.2, 0) is 0 Å². The van der Waals surface area contributed by atoms with Crippen molar-refractivity contribution in [2.75, 3.05) is 5.32 Å². The average molecular weight is 309 g/mol. The van der Waals surface area contributed by atoms with E-state index in [-0.39, 0.29) is 0 Å². The Morgan fingerprint density at radius 1 is 1.26 bits per heavy atom. The molecule has 4 fully saturated rings. The van der Waals surface area contributed by atoms with Crippen molar-refractivity contribution in [3.63, 3.8) is 0 Å². The van der Waals surface area contributed by atoms with Gasteiger partial charge in [0.15, 0.2) is 5.65 Å². The lowest BCUT2D eigenvalue weighted by molar-refractivity contribution is -0.129. The first-order valence-corrected chi connectivity index (χ1v) is 8.36. The molecule has 0 amide bonds. The second-order valence-electron chi connectivity index (χ2n) is 7.62. The predicted octanol–water partition coefficient (Wildman–Crippen LogP) is 2.18. The zero-order valence-electron chi connectivity index (χ0n) is 12.8. The van der Waals surface area contributed by atoms with E-state index in [2.05, 4.69) is 26.3 Å². The van der Waals surface area contributed by atoms with Gasteiger partial charge in [-0.25, -0.2) is 9.97 Å². The van der Waals surface area contributed by atoms with E-state index in [4.69, 9.17) is 0 Å². The number of nitriles is 1. The molecule has 2 atom stereocenters. The molecular weight excluding hydrogens is 290 g/mol. The number of nitrogens with one attached hydrogen (secondary N) is 2. The van der Waals surface area contributed by atoms with E-state index in [0.717, 1.165) is 30.5 Å². The molecule has 4 saturated carbocycles. The number of H-pyrrole nitrogens is 1. The highest BCUT2D eigenvalue weighted by Crippen LogP contribution is 2.56. The molecule has 0 radical (unpaired) electrons. The molecule has 0 aromatic carbocycles. The van der Waals surface area contributed by atoms with Crippen LogP contribution in [0, 0.1) is 29.1 Å². The Morgan fingerprint density at radius 2 is 2.04 bits per heavy atom. The van der Waals surface area contributed by atoms with E-state index in [9.17, 15) is 10.4 Å². The highest BCUT2D eigenvalue weighted by molar-refractivity contribution is 5.88. The molecule has 0 spiro atoms. The van der Waals surface area contributed by atoms with Gasteiger partial charge in [0.2, 0.25) is 0 Å². The topological polar surface area (TPSA) is 97.6 Å². The number of aromatic nitrogens is 3. The summed E-state index contributed by atoms with van der Waals surface area (Å²) in [5, 5.41) is 23.8. The minimum Gasteiger partial charge on any atom is -0.390 e. The first kappa shape index (κ1) is 13.3. The van der Waals surface area contributed by atoms with Crippen molar-refractivity contribution in [3.05, 3.63) is 18.1 Å². The Hall–Kier alpha value is -2.13. The molecule has 4 aliphatic rings. The van der Waals surface area contributed by atoms with Crippen molar-refractivity contribution in [1.82, 2.24) is 15.0 Å². The second-order valence-corrected chi connectivity index (χ2v) is 7.62. The molecular formula is C17H19N5O. The summed E-state index contributed by atoms with van der Waals surface area (Å²) in [6.45, 7) is 0. The number of nitrogens with zero attached hydrogens (tertiary/aromatic N) is 3. The van der Waals surface area contributed by atoms with Crippen LogP contribution in [0.15, 0.2) is 12.5 Å². The third kappa shape index (κ3) is 1.89. The molecule has 6 heteroatoms. The number of anilines is 1. The Balaban J connectivity index is 1.53. The maximum atomic E-state index is 10.7. The van der Waals surface area contributed by atoms with Crippen molar-refractivity contribution in [2.24, 2.45) is 17.8 Å². The van der Waals surface area contributed by atoms with Gasteiger partial charge in [-0.2, -0.15) is 5.26 Å². The second kappa shape index (κ2) is 4.45. The number of aromatic amines is 1. The maximum Gasteiger partial charge on any atom is 0.159 e. The van der Waals surface area contributed by atoms with Crippen molar-refractivity contribution >= 4 is 16.9 Å². The molecule has 0 saturated heterocycles. The van der Waals surface area contributed by atoms with E-state index in [1.54, 1.807) is 12.5 Å². The largest absolute Gasteiger partial charge is 0.390 e. The van der Waals surface area contributed by atoms with Crippen LogP contribution in [0.1, 0.15) is 37.7 Å². The zero-order valence-corrected chi connectivity index (χ0v) is 12.8. The van der Waals surface area contributed by atoms with E-state index in [0.29, 0.717) is 35.0 Å². The summed E-state index contributed by atoms with van der Waals surface area (Å²) in [5.74, 6) is 1.65. The Labute approximate surface area is 133 Å². The summed E-state index contributed by atoms with van der Waals surface area (Å²) in [6.07, 6.45) is 8.34. The third-order valence-corrected chi connectivity index (χ3v) is 6.12. The molecule has 4 bridgehead atoms. The summed E-state index contributed by atoms with van der Waals surface area (Å²) in [4.78, 5) is 11.6. The Kier molecular flexibility index (Phi) is 2.58. The Bertz CT molecular complexity index is 806. The lowest BCUT2D eigenvalue weighted by Gasteiger charge is -2.58. The highest BCUT2D eigenvalue weighted by Gasteiger charge is 2.54. The number of aliphatic hydroxyl groups is 1. The summed E-state index contributed by atoms with van der Waals surface area (Å²) < 4.78 is 0. The van der Waals surface area contributed by atoms with Crippen molar-refractivity contribution < 1.29 is 5.11 Å². The van der Waals surface area contributed by atoms with Gasteiger partial charge in [0.1, 0.15) is 11.6 Å². The lowest BCUT2D eigenvalue weighted by Crippen LogP contribution is -2.59. The van der Waals surface area contributed by atoms with Crippen LogP contribution in [0.25, 0.3) is 11.2 Å². The van der Waals surface area contributed by atoms with E-state index in [1.165, 1.54) is 12.8 Å². The van der Waals surface area contributed by atoms with Gasteiger partial charge < -0.3 is 15.4 Å². The fraction of sp³-hybridized carbons (Fsp3) is 0.588. The quantitative estimate of drug-likeness (QED) is 0.790. The smallest absolute Gasteiger partial charge is 0.159 e. The van der Waals surface area contributed by atoms with Crippen LogP contribution in [0.3, 0.4) is 0 Å². The summed E-state index contributed by atoms with van der Waals surface area (Å²) in [5.41, 5.74) is 2.33. The van der Waals surface area contributed by atoms with Gasteiger partial charge in [0.05, 0.1) is 23.2 Å². The molecule has 6 rings (SSSR count). The fourth-order valence-electron chi connectivity index (χ4n) is 5.50. The van der Waals surface area contributed by atoms with Crippen LogP contribution in [0.2, 0.25) is 0 Å².